The van der Waals surface area contributed by atoms with Crippen LogP contribution in [0.3, 0.4) is 0 Å². The van der Waals surface area contributed by atoms with E-state index in [0.717, 1.165) is 16.4 Å². The summed E-state index contributed by atoms with van der Waals surface area (Å²) >= 11 is 5.90. The van der Waals surface area contributed by atoms with Crippen LogP contribution in [0.15, 0.2) is 24.3 Å². The first kappa shape index (κ1) is 8.52. The van der Waals surface area contributed by atoms with E-state index < -0.39 is 0 Å². The van der Waals surface area contributed by atoms with Crippen LogP contribution in [-0.2, 0) is 0 Å². The van der Waals surface area contributed by atoms with Crippen LogP contribution in [0.1, 0.15) is 11.4 Å². The molecule has 0 amide bonds. The Kier molecular flexibility index (Phi) is 1.97. The van der Waals surface area contributed by atoms with Gasteiger partial charge in [0.05, 0.1) is 0 Å². The summed E-state index contributed by atoms with van der Waals surface area (Å²) in [5.41, 5.74) is 4.51. The number of hydrogen-bond donors (Lipinski definition) is 0. The van der Waals surface area contributed by atoms with Gasteiger partial charge in [-0.1, -0.05) is 23.7 Å². The number of fused-ring (bicyclic) bond motifs is 1. The van der Waals surface area contributed by atoms with Crippen molar-refractivity contribution in [3.63, 3.8) is 0 Å². The number of aromatic nitrogens is 1. The average Bonchev–Trinajstić information content (AvgIpc) is 2.27. The molecule has 0 saturated heterocycles. The fraction of sp³-hybridized carbons (Fsp3) is 0.182. The molecule has 1 nitrogen and oxygen atoms in total. The molecule has 0 atom stereocenters. The highest BCUT2D eigenvalue weighted by Crippen LogP contribution is 2.28. The van der Waals surface area contributed by atoms with Gasteiger partial charge in [-0.2, -0.15) is 0 Å². The van der Waals surface area contributed by atoms with Crippen molar-refractivity contribution in [1.29, 1.82) is 0 Å². The third-order valence-electron chi connectivity index (χ3n) is 2.22. The number of halogens is 1. The first-order valence-electron chi connectivity index (χ1n) is 4.21. The van der Waals surface area contributed by atoms with Gasteiger partial charge in [0.1, 0.15) is 0 Å². The molecule has 13 heavy (non-hydrogen) atoms. The summed E-state index contributed by atoms with van der Waals surface area (Å²) in [6.45, 7) is 4.03. The summed E-state index contributed by atoms with van der Waals surface area (Å²) in [5, 5.41) is 0.759. The van der Waals surface area contributed by atoms with Gasteiger partial charge in [-0.05, 0) is 26.0 Å². The fourth-order valence-corrected chi connectivity index (χ4v) is 1.69. The van der Waals surface area contributed by atoms with Crippen LogP contribution in [0.2, 0.25) is 5.02 Å². The summed E-state index contributed by atoms with van der Waals surface area (Å²) in [4.78, 5) is 4.40. The Morgan fingerprint density at radius 3 is 1.85 bits per heavy atom. The second-order valence-electron chi connectivity index (χ2n) is 3.16. The van der Waals surface area contributed by atoms with Gasteiger partial charge in [0.25, 0.3) is 0 Å². The lowest BCUT2D eigenvalue weighted by Crippen LogP contribution is -1.70. The zero-order valence-corrected chi connectivity index (χ0v) is 8.39. The molecular formula is C11H10ClN. The highest BCUT2D eigenvalue weighted by atomic mass is 35.5. The van der Waals surface area contributed by atoms with Crippen LogP contribution in [0, 0.1) is 13.8 Å². The van der Waals surface area contributed by atoms with Gasteiger partial charge in [-0.15, -0.1) is 0 Å². The molecule has 0 saturated carbocycles. The van der Waals surface area contributed by atoms with Crippen molar-refractivity contribution in [3.05, 3.63) is 40.7 Å². The molecule has 0 bridgehead atoms. The van der Waals surface area contributed by atoms with E-state index in [2.05, 4.69) is 4.98 Å². The summed E-state index contributed by atoms with van der Waals surface area (Å²) in [6, 6.07) is 7.84. The Bertz CT molecular complexity index is 386. The smallest absolute Gasteiger partial charge is 0.0455 e. The molecular weight excluding hydrogens is 182 g/mol. The van der Waals surface area contributed by atoms with Gasteiger partial charge in [0, 0.05) is 27.5 Å². The van der Waals surface area contributed by atoms with Crippen molar-refractivity contribution < 1.29 is 0 Å². The van der Waals surface area contributed by atoms with Crippen molar-refractivity contribution in [2.24, 2.45) is 0 Å². The largest absolute Gasteiger partial charge is 0.257 e. The lowest BCUT2D eigenvalue weighted by Gasteiger charge is -1.91. The van der Waals surface area contributed by atoms with Gasteiger partial charge in [0.15, 0.2) is 0 Å². The van der Waals surface area contributed by atoms with Gasteiger partial charge in [0.2, 0.25) is 0 Å². The minimum absolute atomic E-state index is 0.759. The van der Waals surface area contributed by atoms with Crippen molar-refractivity contribution in [2.75, 3.05) is 0 Å². The zero-order chi connectivity index (χ0) is 9.42. The maximum Gasteiger partial charge on any atom is 0.0455 e. The molecule has 0 aromatic rings. The Hall–Kier alpha value is -1.08. The van der Waals surface area contributed by atoms with E-state index in [0.29, 0.717) is 0 Å². The molecule has 0 radical (unpaired) electrons. The third-order valence-corrected chi connectivity index (χ3v) is 2.48. The Morgan fingerprint density at radius 2 is 1.38 bits per heavy atom. The SMILES string of the molecule is Cc1nc(C)c2ccc(Cl)ccc1-2. The minimum atomic E-state index is 0.759. The molecule has 0 unspecified atom stereocenters. The highest BCUT2D eigenvalue weighted by Gasteiger charge is 2.09. The topological polar surface area (TPSA) is 12.9 Å². The average molecular weight is 192 g/mol. The van der Waals surface area contributed by atoms with E-state index in [1.807, 2.05) is 38.1 Å². The van der Waals surface area contributed by atoms with Crippen molar-refractivity contribution in [2.45, 2.75) is 13.8 Å². The first-order chi connectivity index (χ1) is 6.18. The number of rotatable bonds is 0. The monoisotopic (exact) mass is 191 g/mol. The first-order valence-corrected chi connectivity index (χ1v) is 4.59. The lowest BCUT2D eigenvalue weighted by molar-refractivity contribution is 1.20. The second-order valence-corrected chi connectivity index (χ2v) is 3.60. The Labute approximate surface area is 82.7 Å². The predicted octanol–water partition coefficient (Wildman–Crippen LogP) is 3.46. The summed E-state index contributed by atoms with van der Waals surface area (Å²) < 4.78 is 0. The predicted molar refractivity (Wildman–Crippen MR) is 55.3 cm³/mol. The van der Waals surface area contributed by atoms with E-state index in [9.17, 15) is 0 Å². The fourth-order valence-electron chi connectivity index (χ4n) is 1.56. The maximum absolute atomic E-state index is 5.90. The van der Waals surface area contributed by atoms with Gasteiger partial charge >= 0.3 is 0 Å². The molecule has 2 aliphatic rings. The van der Waals surface area contributed by atoms with Crippen LogP contribution in [-0.4, -0.2) is 4.98 Å². The summed E-state index contributed by atoms with van der Waals surface area (Å²) in [5.74, 6) is 0. The van der Waals surface area contributed by atoms with Crippen LogP contribution in [0.4, 0.5) is 0 Å². The summed E-state index contributed by atoms with van der Waals surface area (Å²) in [6.07, 6.45) is 0. The molecule has 1 aliphatic heterocycles. The Balaban J connectivity index is 2.78. The second kappa shape index (κ2) is 3.00. The van der Waals surface area contributed by atoms with E-state index in [4.69, 9.17) is 11.6 Å². The quantitative estimate of drug-likeness (QED) is 0.622. The standard InChI is InChI=1S/C11H10ClN/c1-7-10-5-3-9(12)4-6-11(10)8(2)13-7/h3-6H,1-2H3. The van der Waals surface area contributed by atoms with Gasteiger partial charge < -0.3 is 0 Å². The summed E-state index contributed by atoms with van der Waals surface area (Å²) in [7, 11) is 0. The maximum atomic E-state index is 5.90. The number of aryl methyl sites for hydroxylation is 2. The highest BCUT2D eigenvalue weighted by molar-refractivity contribution is 6.30. The van der Waals surface area contributed by atoms with Crippen LogP contribution in [0.5, 0.6) is 0 Å². The molecule has 2 rings (SSSR count). The van der Waals surface area contributed by atoms with E-state index >= 15 is 0 Å². The lowest BCUT2D eigenvalue weighted by atomic mass is 10.1. The van der Waals surface area contributed by atoms with Gasteiger partial charge in [-0.3, -0.25) is 4.98 Å². The normalized spacial score (nSPS) is 10.7. The molecule has 1 heterocycles. The molecule has 0 aromatic heterocycles. The third kappa shape index (κ3) is 1.40. The van der Waals surface area contributed by atoms with E-state index in [-0.39, 0.29) is 0 Å². The van der Waals surface area contributed by atoms with Crippen LogP contribution >= 0.6 is 11.6 Å². The van der Waals surface area contributed by atoms with Crippen molar-refractivity contribution in [3.8, 4) is 11.1 Å². The van der Waals surface area contributed by atoms with E-state index in [1.165, 1.54) is 11.1 Å². The van der Waals surface area contributed by atoms with Crippen molar-refractivity contribution in [1.82, 2.24) is 4.98 Å². The van der Waals surface area contributed by atoms with Crippen LogP contribution in [0.25, 0.3) is 11.1 Å². The minimum Gasteiger partial charge on any atom is -0.257 e. The molecule has 2 heteroatoms. The van der Waals surface area contributed by atoms with Crippen LogP contribution < -0.4 is 0 Å². The Morgan fingerprint density at radius 1 is 0.923 bits per heavy atom. The molecule has 0 N–H and O–H groups in total. The number of hydrogen-bond acceptors (Lipinski definition) is 1. The molecule has 66 valence electrons. The molecule has 0 aromatic carbocycles. The molecule has 0 spiro atoms. The molecule has 1 aliphatic carbocycles. The van der Waals surface area contributed by atoms with Gasteiger partial charge in [-0.25, -0.2) is 0 Å². The van der Waals surface area contributed by atoms with E-state index in [1.54, 1.807) is 0 Å². The van der Waals surface area contributed by atoms with Crippen molar-refractivity contribution >= 4 is 11.6 Å². The zero-order valence-electron chi connectivity index (χ0n) is 7.63. The molecule has 0 fully saturated rings. The number of nitrogens with zero attached hydrogens (tertiary/aromatic N) is 1.